The minimum Gasteiger partial charge on any atom is -0.383 e. The van der Waals surface area contributed by atoms with Crippen LogP contribution >= 0.6 is 11.6 Å². The number of hydrogen-bond donors (Lipinski definition) is 3. The third kappa shape index (κ3) is 3.48. The molecule has 0 amide bonds. The van der Waals surface area contributed by atoms with Crippen LogP contribution in [0, 0.1) is 13.8 Å². The highest BCUT2D eigenvalue weighted by Crippen LogP contribution is 2.25. The second-order valence-corrected chi connectivity index (χ2v) is 5.48. The van der Waals surface area contributed by atoms with E-state index in [4.69, 9.17) is 23.2 Å². The van der Waals surface area contributed by atoms with E-state index < -0.39 is 0 Å². The maximum Gasteiger partial charge on any atom is 0.128 e. The zero-order valence-corrected chi connectivity index (χ0v) is 12.4. The van der Waals surface area contributed by atoms with Gasteiger partial charge in [-0.15, -0.1) is 0 Å². The Kier molecular flexibility index (Phi) is 4.60. The Hall–Kier alpha value is -1.62. The van der Waals surface area contributed by atoms with Gasteiger partial charge in [-0.3, -0.25) is 11.3 Å². The molecule has 1 heterocycles. The molecule has 0 aliphatic heterocycles. The molecule has 0 saturated carbocycles. The second-order valence-electron chi connectivity index (χ2n) is 5.05. The molecular formula is C15H19ClN4. The van der Waals surface area contributed by atoms with Crippen LogP contribution in [0.4, 0.5) is 5.82 Å². The number of nitrogens with zero attached hydrogens (tertiary/aromatic N) is 1. The average Bonchev–Trinajstić information content (AvgIpc) is 2.38. The van der Waals surface area contributed by atoms with Crippen molar-refractivity contribution in [1.29, 1.82) is 0 Å². The summed E-state index contributed by atoms with van der Waals surface area (Å²) in [5.74, 6) is 6.12. The molecule has 106 valence electrons. The number of nitrogens with one attached hydrogen (secondary N) is 1. The van der Waals surface area contributed by atoms with Gasteiger partial charge in [-0.05, 0) is 31.9 Å². The van der Waals surface area contributed by atoms with Gasteiger partial charge >= 0.3 is 0 Å². The first-order valence-corrected chi connectivity index (χ1v) is 6.81. The quantitative estimate of drug-likeness (QED) is 0.598. The number of nitrogen functional groups attached to an aromatic ring is 1. The molecule has 0 saturated heterocycles. The zero-order valence-electron chi connectivity index (χ0n) is 11.7. The van der Waals surface area contributed by atoms with Gasteiger partial charge < -0.3 is 5.73 Å². The molecule has 0 spiro atoms. The summed E-state index contributed by atoms with van der Waals surface area (Å²) in [5, 5.41) is 0.551. The van der Waals surface area contributed by atoms with E-state index in [2.05, 4.69) is 42.5 Å². The molecule has 20 heavy (non-hydrogen) atoms. The summed E-state index contributed by atoms with van der Waals surface area (Å²) in [5.41, 5.74) is 13.2. The highest BCUT2D eigenvalue weighted by Gasteiger charge is 2.15. The van der Waals surface area contributed by atoms with Gasteiger partial charge in [0.1, 0.15) is 5.82 Å². The molecule has 2 aromatic rings. The summed E-state index contributed by atoms with van der Waals surface area (Å²) in [6, 6.07) is 8.11. The Bertz CT molecular complexity index is 593. The van der Waals surface area contributed by atoms with E-state index in [0.717, 1.165) is 12.0 Å². The van der Waals surface area contributed by atoms with Crippen LogP contribution in [0.2, 0.25) is 5.02 Å². The fourth-order valence-corrected chi connectivity index (χ4v) is 2.59. The summed E-state index contributed by atoms with van der Waals surface area (Å²) in [7, 11) is 0. The molecule has 1 unspecified atom stereocenters. The van der Waals surface area contributed by atoms with Gasteiger partial charge in [0.15, 0.2) is 0 Å². The fourth-order valence-electron chi connectivity index (χ4n) is 2.43. The number of benzene rings is 1. The lowest BCUT2D eigenvalue weighted by Gasteiger charge is -2.18. The Balaban J connectivity index is 2.31. The number of halogens is 1. The van der Waals surface area contributed by atoms with Crippen LogP contribution in [0.25, 0.3) is 0 Å². The van der Waals surface area contributed by atoms with Crippen molar-refractivity contribution in [3.05, 3.63) is 57.7 Å². The molecule has 0 fully saturated rings. The van der Waals surface area contributed by atoms with Gasteiger partial charge in [-0.25, -0.2) is 4.98 Å². The van der Waals surface area contributed by atoms with E-state index in [0.29, 0.717) is 10.8 Å². The smallest absolute Gasteiger partial charge is 0.128 e. The number of rotatable bonds is 4. The number of hydrogen-bond acceptors (Lipinski definition) is 4. The number of anilines is 1. The normalized spacial score (nSPS) is 12.4. The van der Waals surface area contributed by atoms with E-state index in [1.165, 1.54) is 22.9 Å². The molecule has 4 nitrogen and oxygen atoms in total. The summed E-state index contributed by atoms with van der Waals surface area (Å²) < 4.78 is 0. The highest BCUT2D eigenvalue weighted by atomic mass is 35.5. The molecule has 1 aromatic heterocycles. The first-order chi connectivity index (χ1) is 9.49. The maximum absolute atomic E-state index is 5.98. The van der Waals surface area contributed by atoms with Gasteiger partial charge in [-0.2, -0.15) is 0 Å². The fraction of sp³-hybridized carbons (Fsp3) is 0.267. The Labute approximate surface area is 124 Å². The van der Waals surface area contributed by atoms with Crippen LogP contribution < -0.4 is 17.0 Å². The minimum absolute atomic E-state index is 0.123. The van der Waals surface area contributed by atoms with Crippen LogP contribution in [-0.2, 0) is 6.42 Å². The molecule has 5 N–H and O–H groups in total. The van der Waals surface area contributed by atoms with Crippen molar-refractivity contribution in [3.8, 4) is 0 Å². The number of aryl methyl sites for hydroxylation is 2. The van der Waals surface area contributed by atoms with Crippen LogP contribution in [0.3, 0.4) is 0 Å². The van der Waals surface area contributed by atoms with Gasteiger partial charge in [0.2, 0.25) is 0 Å². The third-order valence-electron chi connectivity index (χ3n) is 3.21. The molecular weight excluding hydrogens is 272 g/mol. The average molecular weight is 291 g/mol. The largest absolute Gasteiger partial charge is 0.383 e. The summed E-state index contributed by atoms with van der Waals surface area (Å²) >= 11 is 5.98. The first kappa shape index (κ1) is 14.8. The van der Waals surface area contributed by atoms with Crippen LogP contribution in [0.1, 0.15) is 28.3 Å². The van der Waals surface area contributed by atoms with E-state index in [1.54, 1.807) is 6.07 Å². The summed E-state index contributed by atoms with van der Waals surface area (Å²) in [4.78, 5) is 4.07. The van der Waals surface area contributed by atoms with E-state index in [9.17, 15) is 0 Å². The molecule has 0 bridgehead atoms. The van der Waals surface area contributed by atoms with Gasteiger partial charge in [-0.1, -0.05) is 40.9 Å². The molecule has 0 radical (unpaired) electrons. The van der Waals surface area contributed by atoms with Crippen molar-refractivity contribution in [3.63, 3.8) is 0 Å². The van der Waals surface area contributed by atoms with Crippen molar-refractivity contribution in [1.82, 2.24) is 10.4 Å². The molecule has 0 aliphatic carbocycles. The molecule has 2 rings (SSSR count). The monoisotopic (exact) mass is 290 g/mol. The van der Waals surface area contributed by atoms with E-state index in [-0.39, 0.29) is 6.04 Å². The zero-order chi connectivity index (χ0) is 14.7. The lowest BCUT2D eigenvalue weighted by Crippen LogP contribution is -2.30. The van der Waals surface area contributed by atoms with Crippen LogP contribution in [-0.4, -0.2) is 4.98 Å². The van der Waals surface area contributed by atoms with E-state index >= 15 is 0 Å². The van der Waals surface area contributed by atoms with Crippen molar-refractivity contribution in [2.75, 3.05) is 5.73 Å². The van der Waals surface area contributed by atoms with Crippen molar-refractivity contribution in [2.24, 2.45) is 5.84 Å². The summed E-state index contributed by atoms with van der Waals surface area (Å²) in [6.45, 7) is 4.16. The van der Waals surface area contributed by atoms with Crippen molar-refractivity contribution < 1.29 is 0 Å². The molecule has 1 atom stereocenters. The minimum atomic E-state index is -0.123. The topological polar surface area (TPSA) is 77.0 Å². The third-order valence-corrected chi connectivity index (χ3v) is 3.42. The molecule has 1 aromatic carbocycles. The number of hydrazine groups is 1. The van der Waals surface area contributed by atoms with Crippen LogP contribution in [0.5, 0.6) is 0 Å². The van der Waals surface area contributed by atoms with E-state index in [1.807, 2.05) is 0 Å². The van der Waals surface area contributed by atoms with Crippen molar-refractivity contribution in [2.45, 2.75) is 26.3 Å². The van der Waals surface area contributed by atoms with Gasteiger partial charge in [0.25, 0.3) is 0 Å². The second kappa shape index (κ2) is 6.22. The molecule has 5 heteroatoms. The Morgan fingerprint density at radius 1 is 1.20 bits per heavy atom. The van der Waals surface area contributed by atoms with Crippen molar-refractivity contribution >= 4 is 17.4 Å². The SMILES string of the molecule is Cc1cc(C)cc(CC(NN)c2cc(Cl)cnc2N)c1. The Morgan fingerprint density at radius 3 is 2.45 bits per heavy atom. The number of aromatic nitrogens is 1. The highest BCUT2D eigenvalue weighted by molar-refractivity contribution is 6.30. The standard InChI is InChI=1S/C15H19ClN4/c1-9-3-10(2)5-11(4-9)6-14(20-18)13-7-12(16)8-19-15(13)17/h3-5,7-8,14,20H,6,18H2,1-2H3,(H2,17,19). The number of pyridine rings is 1. The predicted octanol–water partition coefficient (Wildman–Crippen LogP) is 2.68. The number of nitrogens with two attached hydrogens (primary N) is 2. The molecule has 0 aliphatic rings. The first-order valence-electron chi connectivity index (χ1n) is 6.44. The maximum atomic E-state index is 5.98. The predicted molar refractivity (Wildman–Crippen MR) is 83.3 cm³/mol. The lowest BCUT2D eigenvalue weighted by atomic mass is 9.97. The van der Waals surface area contributed by atoms with Gasteiger partial charge in [0.05, 0.1) is 11.1 Å². The summed E-state index contributed by atoms with van der Waals surface area (Å²) in [6.07, 6.45) is 2.26. The Morgan fingerprint density at radius 2 is 1.85 bits per heavy atom. The van der Waals surface area contributed by atoms with Crippen LogP contribution in [0.15, 0.2) is 30.5 Å². The van der Waals surface area contributed by atoms with Gasteiger partial charge in [0, 0.05) is 11.8 Å². The lowest BCUT2D eigenvalue weighted by molar-refractivity contribution is 0.552.